The molecule has 0 spiro atoms. The minimum Gasteiger partial charge on any atom is -0.376 e. The molecule has 1 saturated carbocycles. The van der Waals surface area contributed by atoms with Crippen LogP contribution in [0.5, 0.6) is 0 Å². The van der Waals surface area contributed by atoms with E-state index in [0.29, 0.717) is 12.6 Å². The van der Waals surface area contributed by atoms with Crippen molar-refractivity contribution in [1.82, 2.24) is 15.1 Å². The summed E-state index contributed by atoms with van der Waals surface area (Å²) in [6.07, 6.45) is 6.98. The third-order valence-corrected chi connectivity index (χ3v) is 4.21. The monoisotopic (exact) mass is 278 g/mol. The minimum absolute atomic E-state index is 0.0327. The van der Waals surface area contributed by atoms with Gasteiger partial charge in [0.1, 0.15) is 0 Å². The Kier molecular flexibility index (Phi) is 5.17. The number of nitrogens with zero attached hydrogens (tertiary/aromatic N) is 3. The Labute approximate surface area is 121 Å². The zero-order chi connectivity index (χ0) is 14.5. The van der Waals surface area contributed by atoms with Crippen LogP contribution in [0.15, 0.2) is 17.1 Å². The Hall–Kier alpha value is -1.36. The maximum Gasteiger partial charge on any atom is 0.268 e. The van der Waals surface area contributed by atoms with Gasteiger partial charge in [-0.05, 0) is 18.8 Å². The zero-order valence-corrected chi connectivity index (χ0v) is 12.8. The zero-order valence-electron chi connectivity index (χ0n) is 12.8. The number of aromatic nitrogens is 2. The Morgan fingerprint density at radius 2 is 2.15 bits per heavy atom. The highest BCUT2D eigenvalue weighted by Gasteiger charge is 2.20. The lowest BCUT2D eigenvalue weighted by molar-refractivity contribution is 0.276. The van der Waals surface area contributed by atoms with Gasteiger partial charge in [0.15, 0.2) is 0 Å². The van der Waals surface area contributed by atoms with E-state index in [4.69, 9.17) is 0 Å². The van der Waals surface area contributed by atoms with Gasteiger partial charge in [-0.1, -0.05) is 19.8 Å². The third kappa shape index (κ3) is 3.82. The normalized spacial score (nSPS) is 22.8. The standard InChI is InChI=1S/C15H26N4O/c1-12-6-4-5-7-14(12)16-8-9-19-15(20)10-13(11-17-19)18(2)3/h10-12,14,16H,4-9H2,1-3H3. The molecule has 0 radical (unpaired) electrons. The van der Waals surface area contributed by atoms with Crippen molar-refractivity contribution >= 4 is 5.69 Å². The third-order valence-electron chi connectivity index (χ3n) is 4.21. The van der Waals surface area contributed by atoms with Crippen LogP contribution in [0.1, 0.15) is 32.6 Å². The molecule has 112 valence electrons. The first kappa shape index (κ1) is 15.0. The van der Waals surface area contributed by atoms with E-state index in [0.717, 1.165) is 18.2 Å². The van der Waals surface area contributed by atoms with E-state index in [1.807, 2.05) is 19.0 Å². The predicted molar refractivity (Wildman–Crippen MR) is 82.2 cm³/mol. The van der Waals surface area contributed by atoms with Crippen molar-refractivity contribution < 1.29 is 0 Å². The minimum atomic E-state index is -0.0327. The first-order chi connectivity index (χ1) is 9.58. The van der Waals surface area contributed by atoms with Crippen LogP contribution < -0.4 is 15.8 Å². The second-order valence-corrected chi connectivity index (χ2v) is 5.99. The summed E-state index contributed by atoms with van der Waals surface area (Å²) in [6, 6.07) is 2.23. The van der Waals surface area contributed by atoms with E-state index in [1.165, 1.54) is 30.4 Å². The fourth-order valence-corrected chi connectivity index (χ4v) is 2.81. The molecule has 1 aromatic rings. The van der Waals surface area contributed by atoms with E-state index in [2.05, 4.69) is 17.3 Å². The highest BCUT2D eigenvalue weighted by atomic mass is 16.1. The van der Waals surface area contributed by atoms with Gasteiger partial charge in [0, 0.05) is 32.7 Å². The molecule has 2 rings (SSSR count). The molecular formula is C15H26N4O. The molecule has 1 aliphatic carbocycles. The summed E-state index contributed by atoms with van der Waals surface area (Å²) >= 11 is 0. The summed E-state index contributed by atoms with van der Waals surface area (Å²) in [7, 11) is 3.82. The molecule has 1 N–H and O–H groups in total. The van der Waals surface area contributed by atoms with Gasteiger partial charge in [-0.25, -0.2) is 4.68 Å². The van der Waals surface area contributed by atoms with E-state index in [9.17, 15) is 4.79 Å². The second kappa shape index (κ2) is 6.88. The van der Waals surface area contributed by atoms with Crippen LogP contribution in [-0.4, -0.2) is 36.5 Å². The smallest absolute Gasteiger partial charge is 0.268 e. The largest absolute Gasteiger partial charge is 0.376 e. The van der Waals surface area contributed by atoms with Gasteiger partial charge < -0.3 is 10.2 Å². The van der Waals surface area contributed by atoms with E-state index in [1.54, 1.807) is 12.3 Å². The molecule has 2 atom stereocenters. The molecule has 1 heterocycles. The summed E-state index contributed by atoms with van der Waals surface area (Å²) in [5, 5.41) is 7.80. The van der Waals surface area contributed by atoms with Crippen LogP contribution >= 0.6 is 0 Å². The number of anilines is 1. The van der Waals surface area contributed by atoms with Crippen molar-refractivity contribution in [1.29, 1.82) is 0 Å². The Bertz CT molecular complexity index is 483. The highest BCUT2D eigenvalue weighted by Crippen LogP contribution is 2.23. The molecule has 5 nitrogen and oxygen atoms in total. The van der Waals surface area contributed by atoms with Crippen LogP contribution in [0.25, 0.3) is 0 Å². The lowest BCUT2D eigenvalue weighted by Crippen LogP contribution is -2.40. The molecule has 0 saturated heterocycles. The van der Waals surface area contributed by atoms with Gasteiger partial charge in [0.2, 0.25) is 0 Å². The molecule has 0 bridgehead atoms. The lowest BCUT2D eigenvalue weighted by atomic mass is 9.86. The molecule has 0 aromatic carbocycles. The van der Waals surface area contributed by atoms with Crippen LogP contribution in [0.3, 0.4) is 0 Å². The topological polar surface area (TPSA) is 50.2 Å². The number of hydrogen-bond acceptors (Lipinski definition) is 4. The Morgan fingerprint density at radius 3 is 2.80 bits per heavy atom. The maximum absolute atomic E-state index is 11.9. The molecule has 20 heavy (non-hydrogen) atoms. The summed E-state index contributed by atoms with van der Waals surface area (Å²) in [5.41, 5.74) is 0.815. The summed E-state index contributed by atoms with van der Waals surface area (Å²) in [5.74, 6) is 0.740. The SMILES string of the molecule is CC1CCCCC1NCCn1ncc(N(C)C)cc1=O. The molecule has 1 aliphatic rings. The van der Waals surface area contributed by atoms with Crippen molar-refractivity contribution in [2.24, 2.45) is 5.92 Å². The van der Waals surface area contributed by atoms with Crippen molar-refractivity contribution in [2.75, 3.05) is 25.5 Å². The van der Waals surface area contributed by atoms with E-state index in [-0.39, 0.29) is 5.56 Å². The number of rotatable bonds is 5. The fourth-order valence-electron chi connectivity index (χ4n) is 2.81. The quantitative estimate of drug-likeness (QED) is 0.886. The average molecular weight is 278 g/mol. The van der Waals surface area contributed by atoms with Crippen molar-refractivity contribution in [3.8, 4) is 0 Å². The second-order valence-electron chi connectivity index (χ2n) is 5.99. The lowest BCUT2D eigenvalue weighted by Gasteiger charge is -2.29. The van der Waals surface area contributed by atoms with Crippen LogP contribution in [0.4, 0.5) is 5.69 Å². The summed E-state index contributed by atoms with van der Waals surface area (Å²) in [4.78, 5) is 13.8. The molecule has 5 heteroatoms. The van der Waals surface area contributed by atoms with Gasteiger partial charge in [-0.15, -0.1) is 0 Å². The van der Waals surface area contributed by atoms with Crippen LogP contribution in [0.2, 0.25) is 0 Å². The molecule has 1 fully saturated rings. The van der Waals surface area contributed by atoms with Crippen LogP contribution in [0, 0.1) is 5.92 Å². The van der Waals surface area contributed by atoms with Crippen molar-refractivity contribution in [2.45, 2.75) is 45.2 Å². The first-order valence-corrected chi connectivity index (χ1v) is 7.56. The molecule has 0 aliphatic heterocycles. The van der Waals surface area contributed by atoms with Crippen molar-refractivity contribution in [3.63, 3.8) is 0 Å². The van der Waals surface area contributed by atoms with Gasteiger partial charge >= 0.3 is 0 Å². The van der Waals surface area contributed by atoms with Crippen molar-refractivity contribution in [3.05, 3.63) is 22.6 Å². The predicted octanol–water partition coefficient (Wildman–Crippen LogP) is 1.48. The molecule has 0 amide bonds. The Balaban J connectivity index is 1.86. The molecule has 1 aromatic heterocycles. The van der Waals surface area contributed by atoms with Gasteiger partial charge in [0.05, 0.1) is 18.4 Å². The summed E-state index contributed by atoms with van der Waals surface area (Å²) in [6.45, 7) is 3.76. The Morgan fingerprint density at radius 1 is 1.40 bits per heavy atom. The van der Waals surface area contributed by atoms with Gasteiger partial charge in [-0.2, -0.15) is 5.10 Å². The first-order valence-electron chi connectivity index (χ1n) is 7.56. The molecular weight excluding hydrogens is 252 g/mol. The van der Waals surface area contributed by atoms with Gasteiger partial charge in [0.25, 0.3) is 5.56 Å². The fraction of sp³-hybridized carbons (Fsp3) is 0.733. The van der Waals surface area contributed by atoms with Crippen LogP contribution in [-0.2, 0) is 6.54 Å². The highest BCUT2D eigenvalue weighted by molar-refractivity contribution is 5.40. The average Bonchev–Trinajstić information content (AvgIpc) is 2.42. The van der Waals surface area contributed by atoms with E-state index < -0.39 is 0 Å². The van der Waals surface area contributed by atoms with Gasteiger partial charge in [-0.3, -0.25) is 4.79 Å². The maximum atomic E-state index is 11.9. The van der Waals surface area contributed by atoms with E-state index >= 15 is 0 Å². The number of hydrogen-bond donors (Lipinski definition) is 1. The molecule has 2 unspecified atom stereocenters. The number of nitrogens with one attached hydrogen (secondary N) is 1. The summed E-state index contributed by atoms with van der Waals surface area (Å²) < 4.78 is 1.54.